The lowest BCUT2D eigenvalue weighted by molar-refractivity contribution is 0.266. The summed E-state index contributed by atoms with van der Waals surface area (Å²) >= 11 is 1.77. The number of phenols is 1. The highest BCUT2D eigenvalue weighted by molar-refractivity contribution is 7.10. The molecule has 0 spiro atoms. The Labute approximate surface area is 117 Å². The maximum absolute atomic E-state index is 9.91. The predicted octanol–water partition coefficient (Wildman–Crippen LogP) is 3.04. The number of hydrogen-bond acceptors (Lipinski definition) is 4. The van der Waals surface area contributed by atoms with Crippen LogP contribution in [0.5, 0.6) is 11.5 Å². The van der Waals surface area contributed by atoms with Crippen LogP contribution < -0.4 is 4.74 Å². The van der Waals surface area contributed by atoms with Crippen LogP contribution in [0.1, 0.15) is 22.0 Å². The lowest BCUT2D eigenvalue weighted by atomic mass is 9.91. The van der Waals surface area contributed by atoms with Crippen LogP contribution in [0.2, 0.25) is 0 Å². The van der Waals surface area contributed by atoms with Gasteiger partial charge in [-0.25, -0.2) is 0 Å². The van der Waals surface area contributed by atoms with Crippen molar-refractivity contribution in [1.82, 2.24) is 4.90 Å². The van der Waals surface area contributed by atoms with Gasteiger partial charge in [-0.2, -0.15) is 0 Å². The van der Waals surface area contributed by atoms with Gasteiger partial charge in [-0.1, -0.05) is 6.07 Å². The summed E-state index contributed by atoms with van der Waals surface area (Å²) in [7, 11) is 3.74. The summed E-state index contributed by atoms with van der Waals surface area (Å²) in [5.74, 6) is 0.784. The predicted molar refractivity (Wildman–Crippen MR) is 77.2 cm³/mol. The van der Waals surface area contributed by atoms with E-state index in [9.17, 15) is 5.11 Å². The number of hydrogen-bond donors (Lipinski definition) is 1. The number of methoxy groups -OCH3 is 1. The standard InChI is InChI=1S/C15H17NO2S/c1-16-6-5-10-8-12(17)13(18-2)9-11(10)15(16)14-4-3-7-19-14/h3-4,7-9,15,17H,5-6H2,1-2H3. The molecule has 1 aliphatic heterocycles. The van der Waals surface area contributed by atoms with Crippen molar-refractivity contribution in [3.05, 3.63) is 45.6 Å². The third-order valence-corrected chi connectivity index (χ3v) is 4.65. The average molecular weight is 275 g/mol. The van der Waals surface area contributed by atoms with E-state index in [1.54, 1.807) is 18.4 Å². The van der Waals surface area contributed by atoms with Crippen molar-refractivity contribution in [2.45, 2.75) is 12.5 Å². The largest absolute Gasteiger partial charge is 0.504 e. The van der Waals surface area contributed by atoms with Gasteiger partial charge in [-0.05, 0) is 48.2 Å². The topological polar surface area (TPSA) is 32.7 Å². The number of likely N-dealkylation sites (N-methyl/N-ethyl adjacent to an activating group) is 1. The molecule has 0 radical (unpaired) electrons. The SMILES string of the molecule is COc1cc2c(cc1O)CCN(C)C2c1cccs1. The van der Waals surface area contributed by atoms with Crippen LogP contribution in [0, 0.1) is 0 Å². The number of ether oxygens (including phenoxy) is 1. The number of phenolic OH excluding ortho intramolecular Hbond substituents is 1. The molecule has 1 aliphatic rings. The van der Waals surface area contributed by atoms with Crippen LogP contribution in [0.25, 0.3) is 0 Å². The molecule has 0 amide bonds. The second kappa shape index (κ2) is 4.87. The molecule has 3 rings (SSSR count). The minimum atomic E-state index is 0.232. The van der Waals surface area contributed by atoms with E-state index in [1.807, 2.05) is 12.1 Å². The summed E-state index contributed by atoms with van der Waals surface area (Å²) in [6.45, 7) is 1.00. The van der Waals surface area contributed by atoms with Gasteiger partial charge in [0, 0.05) is 11.4 Å². The second-order valence-electron chi connectivity index (χ2n) is 4.87. The van der Waals surface area contributed by atoms with Crippen molar-refractivity contribution in [2.24, 2.45) is 0 Å². The maximum atomic E-state index is 9.91. The zero-order valence-electron chi connectivity index (χ0n) is 11.1. The van der Waals surface area contributed by atoms with Crippen LogP contribution in [0.3, 0.4) is 0 Å². The fourth-order valence-electron chi connectivity index (χ4n) is 2.74. The van der Waals surface area contributed by atoms with Crippen molar-refractivity contribution in [3.63, 3.8) is 0 Å². The van der Waals surface area contributed by atoms with E-state index in [0.29, 0.717) is 5.75 Å². The molecule has 1 unspecified atom stereocenters. The van der Waals surface area contributed by atoms with E-state index >= 15 is 0 Å². The molecule has 1 atom stereocenters. The first-order chi connectivity index (χ1) is 9.20. The van der Waals surface area contributed by atoms with E-state index in [0.717, 1.165) is 13.0 Å². The molecule has 2 aromatic rings. The van der Waals surface area contributed by atoms with Crippen molar-refractivity contribution in [3.8, 4) is 11.5 Å². The number of nitrogens with zero attached hydrogens (tertiary/aromatic N) is 1. The van der Waals surface area contributed by atoms with E-state index in [1.165, 1.54) is 16.0 Å². The Balaban J connectivity index is 2.13. The van der Waals surface area contributed by atoms with Crippen LogP contribution in [-0.2, 0) is 6.42 Å². The van der Waals surface area contributed by atoms with Crippen LogP contribution in [-0.4, -0.2) is 30.7 Å². The monoisotopic (exact) mass is 275 g/mol. The molecule has 0 fully saturated rings. The first kappa shape index (κ1) is 12.5. The number of rotatable bonds is 2. The zero-order chi connectivity index (χ0) is 13.4. The summed E-state index contributed by atoms with van der Waals surface area (Å²) in [6.07, 6.45) is 0.964. The molecule has 4 heteroatoms. The fraction of sp³-hybridized carbons (Fsp3) is 0.333. The Morgan fingerprint density at radius 3 is 2.95 bits per heavy atom. The number of thiophene rings is 1. The summed E-state index contributed by atoms with van der Waals surface area (Å²) in [5, 5.41) is 12.0. The minimum absolute atomic E-state index is 0.232. The van der Waals surface area contributed by atoms with E-state index < -0.39 is 0 Å². The molecule has 0 aliphatic carbocycles. The molecule has 1 N–H and O–H groups in total. The van der Waals surface area contributed by atoms with Gasteiger partial charge < -0.3 is 9.84 Å². The summed E-state index contributed by atoms with van der Waals surface area (Å²) < 4.78 is 5.25. The molecule has 1 aromatic carbocycles. The number of fused-ring (bicyclic) bond motifs is 1. The molecule has 3 nitrogen and oxygen atoms in total. The Morgan fingerprint density at radius 1 is 1.42 bits per heavy atom. The molecule has 2 heterocycles. The first-order valence-corrected chi connectivity index (χ1v) is 7.22. The molecule has 0 saturated heterocycles. The second-order valence-corrected chi connectivity index (χ2v) is 5.85. The normalized spacial score (nSPS) is 19.2. The lowest BCUT2D eigenvalue weighted by Gasteiger charge is -2.34. The van der Waals surface area contributed by atoms with Gasteiger partial charge in [0.25, 0.3) is 0 Å². The lowest BCUT2D eigenvalue weighted by Crippen LogP contribution is -2.32. The smallest absolute Gasteiger partial charge is 0.160 e. The zero-order valence-corrected chi connectivity index (χ0v) is 11.9. The van der Waals surface area contributed by atoms with Crippen molar-refractivity contribution < 1.29 is 9.84 Å². The van der Waals surface area contributed by atoms with Gasteiger partial charge in [0.05, 0.1) is 13.2 Å². The van der Waals surface area contributed by atoms with E-state index in [-0.39, 0.29) is 11.8 Å². The Hall–Kier alpha value is -1.52. The molecule has 19 heavy (non-hydrogen) atoms. The van der Waals surface area contributed by atoms with Crippen molar-refractivity contribution in [2.75, 3.05) is 20.7 Å². The average Bonchev–Trinajstić information content (AvgIpc) is 2.92. The highest BCUT2D eigenvalue weighted by Crippen LogP contribution is 2.40. The molecular weight excluding hydrogens is 258 g/mol. The summed E-state index contributed by atoms with van der Waals surface area (Å²) in [4.78, 5) is 3.68. The van der Waals surface area contributed by atoms with Gasteiger partial charge >= 0.3 is 0 Å². The first-order valence-electron chi connectivity index (χ1n) is 6.34. The quantitative estimate of drug-likeness (QED) is 0.914. The minimum Gasteiger partial charge on any atom is -0.504 e. The Kier molecular flexibility index (Phi) is 3.21. The summed E-state index contributed by atoms with van der Waals surface area (Å²) in [5.41, 5.74) is 2.46. The third-order valence-electron chi connectivity index (χ3n) is 3.72. The highest BCUT2D eigenvalue weighted by Gasteiger charge is 2.28. The van der Waals surface area contributed by atoms with Gasteiger partial charge in [0.15, 0.2) is 11.5 Å². The Bertz CT molecular complexity index is 580. The van der Waals surface area contributed by atoms with Crippen molar-refractivity contribution in [1.29, 1.82) is 0 Å². The molecule has 0 saturated carbocycles. The molecule has 1 aromatic heterocycles. The number of aromatic hydroxyl groups is 1. The Morgan fingerprint density at radius 2 is 2.26 bits per heavy atom. The van der Waals surface area contributed by atoms with Crippen LogP contribution >= 0.6 is 11.3 Å². The highest BCUT2D eigenvalue weighted by atomic mass is 32.1. The van der Waals surface area contributed by atoms with Gasteiger partial charge in [-0.3, -0.25) is 4.90 Å². The van der Waals surface area contributed by atoms with Gasteiger partial charge in [-0.15, -0.1) is 11.3 Å². The molecule has 0 bridgehead atoms. The molecule has 100 valence electrons. The fourth-order valence-corrected chi connectivity index (χ4v) is 3.65. The number of benzene rings is 1. The van der Waals surface area contributed by atoms with Crippen molar-refractivity contribution >= 4 is 11.3 Å². The molecular formula is C15H17NO2S. The summed E-state index contributed by atoms with van der Waals surface area (Å²) in [6, 6.07) is 8.34. The van der Waals surface area contributed by atoms with E-state index in [4.69, 9.17) is 4.74 Å². The van der Waals surface area contributed by atoms with E-state index in [2.05, 4.69) is 29.5 Å². The van der Waals surface area contributed by atoms with Gasteiger partial charge in [0.2, 0.25) is 0 Å². The van der Waals surface area contributed by atoms with Crippen LogP contribution in [0.15, 0.2) is 29.6 Å². The maximum Gasteiger partial charge on any atom is 0.160 e. The van der Waals surface area contributed by atoms with Gasteiger partial charge in [0.1, 0.15) is 0 Å². The third kappa shape index (κ3) is 2.11. The van der Waals surface area contributed by atoms with Crippen LogP contribution in [0.4, 0.5) is 0 Å².